The van der Waals surface area contributed by atoms with Crippen LogP contribution in [0.25, 0.3) is 21.3 Å². The van der Waals surface area contributed by atoms with Crippen molar-refractivity contribution < 1.29 is 108 Å². The van der Waals surface area contributed by atoms with Crippen LogP contribution >= 0.6 is 0 Å². The molecule has 361 valence electrons. The fourth-order valence-corrected chi connectivity index (χ4v) is 7.31. The number of halogens is 20. The molecule has 0 saturated carbocycles. The summed E-state index contributed by atoms with van der Waals surface area (Å²) >= 11 is 0. The van der Waals surface area contributed by atoms with Gasteiger partial charge in [0.25, 0.3) is 0 Å². The van der Waals surface area contributed by atoms with E-state index in [0.717, 1.165) is 0 Å². The average molecular weight is 1120 g/mol. The molecule has 3 radical (unpaired) electrons. The van der Waals surface area contributed by atoms with Crippen LogP contribution in [0, 0.1) is 36.0 Å². The number of nitrogens with zero attached hydrogens (tertiary/aromatic N) is 4. The topological polar surface area (TPSA) is 56.4 Å². The Morgan fingerprint density at radius 2 is 0.746 bits per heavy atom. The Bertz CT molecular complexity index is 1570. The number of hydrogen-bond donors (Lipinski definition) is 0. The summed E-state index contributed by atoms with van der Waals surface area (Å²) in [5.41, 5.74) is 1.52. The van der Waals surface area contributed by atoms with E-state index in [1.165, 1.54) is 0 Å². The molecule has 0 N–H and O–H groups in total. The van der Waals surface area contributed by atoms with Crippen molar-refractivity contribution in [3.63, 3.8) is 0 Å². The number of rotatable bonds is 3. The van der Waals surface area contributed by atoms with Crippen LogP contribution < -0.4 is 0 Å². The summed E-state index contributed by atoms with van der Waals surface area (Å²) < 4.78 is 253. The monoisotopic (exact) mass is 1120 g/mol. The molecule has 4 heterocycles. The van der Waals surface area contributed by atoms with E-state index in [9.17, 15) is 87.8 Å². The van der Waals surface area contributed by atoms with Gasteiger partial charge in [-0.15, -0.1) is 49.7 Å². The molecule has 0 aromatic rings. The molecule has 4 fully saturated rings. The van der Waals surface area contributed by atoms with Crippen LogP contribution in [-0.4, -0.2) is 87.4 Å². The summed E-state index contributed by atoms with van der Waals surface area (Å²) in [5.74, 6) is -6.09. The molecule has 8 unspecified atom stereocenters. The summed E-state index contributed by atoms with van der Waals surface area (Å²) in [6.07, 6.45) is -28.4. The zero-order chi connectivity index (χ0) is 46.6. The third-order valence-electron chi connectivity index (χ3n) is 10.9. The second kappa shape index (κ2) is 21.5. The van der Waals surface area contributed by atoms with Crippen LogP contribution in [0.5, 0.6) is 0 Å². The van der Waals surface area contributed by atoms with Gasteiger partial charge in [-0.2, -0.15) is 91.1 Å². The van der Waals surface area contributed by atoms with E-state index < -0.39 is 121 Å². The predicted octanol–water partition coefficient (Wildman–Crippen LogP) is 14.0. The second-order valence-electron chi connectivity index (χ2n) is 15.2. The minimum atomic E-state index is -4.69. The van der Waals surface area contributed by atoms with Gasteiger partial charge in [0.2, 0.25) is 0 Å². The molecule has 25 heteroatoms. The molecule has 4 nitrogen and oxygen atoms in total. The van der Waals surface area contributed by atoms with Crippen LogP contribution in [0.2, 0.25) is 0 Å². The first-order chi connectivity index (χ1) is 28.4. The molecule has 0 spiro atoms. The van der Waals surface area contributed by atoms with Gasteiger partial charge in [-0.05, 0) is 48.3 Å². The third-order valence-corrected chi connectivity index (χ3v) is 10.9. The second-order valence-corrected chi connectivity index (χ2v) is 15.2. The summed E-state index contributed by atoms with van der Waals surface area (Å²) in [6, 6.07) is -3.21. The number of alkyl halides is 18. The Hall–Kier alpha value is -2.39. The molecule has 4 saturated heterocycles. The van der Waals surface area contributed by atoms with Crippen molar-refractivity contribution in [2.45, 2.75) is 113 Å². The minimum Gasteiger partial charge on any atom is -0.661 e. The Labute approximate surface area is 361 Å². The molecular formula is C38H36F20IrN4-4. The molecule has 6 rings (SSSR count). The van der Waals surface area contributed by atoms with Crippen molar-refractivity contribution in [3.05, 3.63) is 91.7 Å². The standard InChI is InChI=1S/2C13H10F7N.C12H16F6N2.Ir/c2*14-10-5-7(12(15,16)17)1-3-9(10)11-4-2-8(6-21-11)13(18,19)20;13-11(14,15)7-1-3-19-9(5-7)10-6-8(2-4-20-10)12(16,17)18;/h2*1,5,8,11H,2,4,6H2;7-10H,1-6H2;/q2*-1;-2;. The Kier molecular flexibility index (Phi) is 18.7. The Morgan fingerprint density at radius 3 is 0.984 bits per heavy atom. The molecule has 0 bridgehead atoms. The summed E-state index contributed by atoms with van der Waals surface area (Å²) in [4.78, 5) is 0. The smallest absolute Gasteiger partial charge is 0.416 e. The van der Waals surface area contributed by atoms with Crippen molar-refractivity contribution in [1.82, 2.24) is 0 Å². The number of piperidine rings is 4. The van der Waals surface area contributed by atoms with E-state index in [4.69, 9.17) is 0 Å². The first-order valence-electron chi connectivity index (χ1n) is 18.9. The van der Waals surface area contributed by atoms with E-state index in [0.29, 0.717) is 24.3 Å². The fraction of sp³-hybridized carbons (Fsp3) is 0.684. The van der Waals surface area contributed by atoms with Crippen LogP contribution in [-0.2, 0) is 20.1 Å². The maximum absolute atomic E-state index is 13.7. The molecular weight excluding hydrogens is 1080 g/mol. The Morgan fingerprint density at radius 1 is 0.429 bits per heavy atom. The van der Waals surface area contributed by atoms with Gasteiger partial charge < -0.3 is 21.3 Å². The van der Waals surface area contributed by atoms with Gasteiger partial charge in [0.05, 0.1) is 23.0 Å². The first-order valence-corrected chi connectivity index (χ1v) is 18.9. The molecule has 2 aliphatic carbocycles. The first kappa shape index (κ1) is 54.9. The van der Waals surface area contributed by atoms with E-state index in [1.54, 1.807) is 0 Å². The van der Waals surface area contributed by atoms with Crippen molar-refractivity contribution in [2.75, 3.05) is 26.2 Å². The summed E-state index contributed by atoms with van der Waals surface area (Å²) in [5, 5.41) is 15.6. The zero-order valence-corrected chi connectivity index (χ0v) is 34.5. The van der Waals surface area contributed by atoms with E-state index in [1.807, 2.05) is 0 Å². The van der Waals surface area contributed by atoms with E-state index in [-0.39, 0.29) is 95.7 Å². The maximum Gasteiger partial charge on any atom is 0.416 e. The summed E-state index contributed by atoms with van der Waals surface area (Å²) in [6.45, 7) is -0.917. The third kappa shape index (κ3) is 15.9. The molecule has 0 aromatic carbocycles. The summed E-state index contributed by atoms with van der Waals surface area (Å²) in [7, 11) is 0. The van der Waals surface area contributed by atoms with Crippen molar-refractivity contribution in [1.29, 1.82) is 0 Å². The van der Waals surface area contributed by atoms with Crippen LogP contribution in [0.1, 0.15) is 51.4 Å². The van der Waals surface area contributed by atoms with Gasteiger partial charge >= 0.3 is 37.1 Å². The van der Waals surface area contributed by atoms with Crippen LogP contribution in [0.15, 0.2) is 58.1 Å². The molecule has 63 heavy (non-hydrogen) atoms. The molecule has 8 atom stereocenters. The Balaban J connectivity index is 0.000000250. The largest absolute Gasteiger partial charge is 0.661 e. The average Bonchev–Trinajstić information content (AvgIpc) is 3.16. The van der Waals surface area contributed by atoms with E-state index in [2.05, 4.69) is 32.7 Å². The van der Waals surface area contributed by atoms with E-state index >= 15 is 0 Å². The fourth-order valence-electron chi connectivity index (χ4n) is 7.31. The van der Waals surface area contributed by atoms with Gasteiger partial charge in [-0.3, -0.25) is 0 Å². The number of hydrogen-bond acceptors (Lipinski definition) is 0. The van der Waals surface area contributed by atoms with Crippen LogP contribution in [0.4, 0.5) is 87.8 Å². The van der Waals surface area contributed by atoms with Crippen molar-refractivity contribution in [3.8, 4) is 0 Å². The normalized spacial score (nSPS) is 30.6. The predicted molar refractivity (Wildman–Crippen MR) is 183 cm³/mol. The van der Waals surface area contributed by atoms with Crippen molar-refractivity contribution >= 4 is 0 Å². The van der Waals surface area contributed by atoms with Gasteiger partial charge in [0, 0.05) is 31.9 Å². The maximum atomic E-state index is 13.7. The quantitative estimate of drug-likeness (QED) is 0.200. The van der Waals surface area contributed by atoms with Gasteiger partial charge in [-0.1, -0.05) is 38.5 Å². The number of allylic oxidation sites excluding steroid dienone is 4. The van der Waals surface area contributed by atoms with Crippen molar-refractivity contribution in [2.24, 2.45) is 23.7 Å². The zero-order valence-electron chi connectivity index (χ0n) is 32.1. The van der Waals surface area contributed by atoms with Gasteiger partial charge in [-0.25, -0.2) is 8.78 Å². The van der Waals surface area contributed by atoms with Gasteiger partial charge in [0.1, 0.15) is 0 Å². The molecule has 4 aliphatic heterocycles. The molecule has 6 aliphatic rings. The molecule has 0 aromatic heterocycles. The van der Waals surface area contributed by atoms with Crippen LogP contribution in [0.3, 0.4) is 0 Å². The molecule has 0 amide bonds. The SMILES string of the molecule is FC(F)(F)C1CC[N-]C(C2CC(C(F)(F)F)CC[N-]2)C1.F[C]1C=C(C(F)(F)F)C=C=C1C1CCC(C(F)(F)F)C[N-]1.F[C]1C=C(C(F)(F)F)C=C=C1C1CCC(C(F)(F)F)C[N-]1.[Ir]. The van der Waals surface area contributed by atoms with Gasteiger partial charge in [0.15, 0.2) is 12.3 Å². The minimum absolute atomic E-state index is 0.